The fraction of sp³-hybridized carbons (Fsp3) is 0. The molecule has 0 aliphatic carbocycles. The molecule has 0 saturated carbocycles. The minimum atomic E-state index is 1.17. The summed E-state index contributed by atoms with van der Waals surface area (Å²) in [5.41, 5.74) is 8.58. The molecule has 0 bridgehead atoms. The van der Waals surface area contributed by atoms with Crippen molar-refractivity contribution in [3.05, 3.63) is 140 Å². The summed E-state index contributed by atoms with van der Waals surface area (Å²) in [6.45, 7) is 0. The van der Waals surface area contributed by atoms with Crippen LogP contribution < -0.4 is 0 Å². The fourth-order valence-corrected chi connectivity index (χ4v) is 5.29. The second-order valence-electron chi connectivity index (χ2n) is 9.03. The fourth-order valence-electron chi connectivity index (χ4n) is 5.29. The van der Waals surface area contributed by atoms with Gasteiger partial charge in [-0.05, 0) is 45.8 Å². The lowest BCUT2D eigenvalue weighted by molar-refractivity contribution is 1.19. The van der Waals surface area contributed by atoms with Crippen LogP contribution in [-0.4, -0.2) is 4.57 Å². The molecule has 1 heterocycles. The van der Waals surface area contributed by atoms with E-state index in [1.54, 1.807) is 0 Å². The van der Waals surface area contributed by atoms with Crippen LogP contribution in [-0.2, 0) is 0 Å². The maximum Gasteiger partial charge on any atom is 0.0619 e. The van der Waals surface area contributed by atoms with E-state index >= 15 is 0 Å². The maximum absolute atomic E-state index is 2.44. The van der Waals surface area contributed by atoms with Crippen molar-refractivity contribution in [3.8, 4) is 27.9 Å². The van der Waals surface area contributed by atoms with Gasteiger partial charge in [-0.3, -0.25) is 0 Å². The van der Waals surface area contributed by atoms with Crippen LogP contribution in [0.2, 0.25) is 0 Å². The molecule has 1 nitrogen and oxygen atoms in total. The van der Waals surface area contributed by atoms with Gasteiger partial charge in [0.05, 0.1) is 11.0 Å². The minimum absolute atomic E-state index is 1.17. The number of rotatable bonds is 3. The van der Waals surface area contributed by atoms with Gasteiger partial charge in [-0.25, -0.2) is 0 Å². The number of nitrogens with zero attached hydrogens (tertiary/aromatic N) is 1. The van der Waals surface area contributed by atoms with Crippen LogP contribution >= 0.6 is 0 Å². The van der Waals surface area contributed by atoms with Crippen LogP contribution in [0.3, 0.4) is 0 Å². The highest BCUT2D eigenvalue weighted by Crippen LogP contribution is 2.38. The monoisotopic (exact) mass is 445 g/mol. The van der Waals surface area contributed by atoms with Crippen LogP contribution in [0.1, 0.15) is 0 Å². The molecule has 0 spiro atoms. The Kier molecular flexibility index (Phi) is 4.53. The third-order valence-corrected chi connectivity index (χ3v) is 6.99. The number of hydrogen-bond donors (Lipinski definition) is 0. The van der Waals surface area contributed by atoms with Crippen molar-refractivity contribution in [3.63, 3.8) is 0 Å². The minimum Gasteiger partial charge on any atom is -0.309 e. The van der Waals surface area contributed by atoms with Gasteiger partial charge in [-0.2, -0.15) is 0 Å². The number of hydrogen-bond acceptors (Lipinski definition) is 0. The van der Waals surface area contributed by atoms with Crippen LogP contribution in [0.25, 0.3) is 60.5 Å². The Morgan fingerprint density at radius 1 is 0.371 bits per heavy atom. The van der Waals surface area contributed by atoms with Crippen molar-refractivity contribution in [2.24, 2.45) is 0 Å². The van der Waals surface area contributed by atoms with Gasteiger partial charge in [0.25, 0.3) is 0 Å². The van der Waals surface area contributed by atoms with Gasteiger partial charge in [-0.15, -0.1) is 0 Å². The van der Waals surface area contributed by atoms with Gasteiger partial charge in [0, 0.05) is 21.8 Å². The highest BCUT2D eigenvalue weighted by molar-refractivity contribution is 6.19. The lowest BCUT2D eigenvalue weighted by Gasteiger charge is -2.12. The highest BCUT2D eigenvalue weighted by Gasteiger charge is 2.16. The molecule has 1 aromatic heterocycles. The summed E-state index contributed by atoms with van der Waals surface area (Å²) in [6, 6.07) is 50.2. The molecular formula is C34H23N. The SMILES string of the molecule is c1ccc(-c2ccc(-n3c4cc(-c5ccccc5)ccc4c4ccc5ccccc5c43)cc2)cc1. The Morgan fingerprint density at radius 2 is 0.943 bits per heavy atom. The first-order valence-electron chi connectivity index (χ1n) is 12.0. The van der Waals surface area contributed by atoms with E-state index in [0.717, 1.165) is 0 Å². The molecule has 0 fully saturated rings. The van der Waals surface area contributed by atoms with E-state index in [9.17, 15) is 0 Å². The van der Waals surface area contributed by atoms with Crippen LogP contribution in [0, 0.1) is 0 Å². The number of aromatic nitrogens is 1. The molecule has 164 valence electrons. The van der Waals surface area contributed by atoms with Crippen LogP contribution in [0.5, 0.6) is 0 Å². The van der Waals surface area contributed by atoms with E-state index in [4.69, 9.17) is 0 Å². The maximum atomic E-state index is 2.44. The van der Waals surface area contributed by atoms with Crippen LogP contribution in [0.15, 0.2) is 140 Å². The molecule has 0 radical (unpaired) electrons. The summed E-state index contributed by atoms with van der Waals surface area (Å²) < 4.78 is 2.44. The zero-order valence-corrected chi connectivity index (χ0v) is 19.2. The summed E-state index contributed by atoms with van der Waals surface area (Å²) in [5.74, 6) is 0. The summed E-state index contributed by atoms with van der Waals surface area (Å²) >= 11 is 0. The molecule has 0 amide bonds. The lowest BCUT2D eigenvalue weighted by Crippen LogP contribution is -1.95. The van der Waals surface area contributed by atoms with E-state index in [1.165, 1.54) is 60.5 Å². The Hall–Kier alpha value is -4.62. The Balaban J connectivity index is 1.54. The van der Waals surface area contributed by atoms with Crippen molar-refractivity contribution in [1.82, 2.24) is 4.57 Å². The zero-order valence-electron chi connectivity index (χ0n) is 19.2. The molecule has 1 heteroatoms. The van der Waals surface area contributed by atoms with Crippen molar-refractivity contribution >= 4 is 32.6 Å². The summed E-state index contributed by atoms with van der Waals surface area (Å²) in [6.07, 6.45) is 0. The van der Waals surface area contributed by atoms with Gasteiger partial charge in [-0.1, -0.05) is 121 Å². The Bertz CT molecular complexity index is 1810. The van der Waals surface area contributed by atoms with Gasteiger partial charge in [0.2, 0.25) is 0 Å². The normalized spacial score (nSPS) is 11.4. The summed E-state index contributed by atoms with van der Waals surface area (Å²) in [7, 11) is 0. The molecule has 6 aromatic carbocycles. The van der Waals surface area contributed by atoms with Gasteiger partial charge in [0.15, 0.2) is 0 Å². The molecule has 0 aliphatic heterocycles. The first-order chi connectivity index (χ1) is 17.4. The molecular weight excluding hydrogens is 422 g/mol. The van der Waals surface area contributed by atoms with E-state index in [-0.39, 0.29) is 0 Å². The van der Waals surface area contributed by atoms with E-state index < -0.39 is 0 Å². The lowest BCUT2D eigenvalue weighted by atomic mass is 10.0. The van der Waals surface area contributed by atoms with E-state index in [1.807, 2.05) is 0 Å². The zero-order chi connectivity index (χ0) is 23.2. The third-order valence-electron chi connectivity index (χ3n) is 6.99. The number of fused-ring (bicyclic) bond motifs is 5. The molecule has 0 unspecified atom stereocenters. The van der Waals surface area contributed by atoms with Gasteiger partial charge < -0.3 is 4.57 Å². The van der Waals surface area contributed by atoms with Gasteiger partial charge in [0.1, 0.15) is 0 Å². The predicted molar refractivity (Wildman–Crippen MR) is 149 cm³/mol. The Morgan fingerprint density at radius 3 is 1.69 bits per heavy atom. The highest BCUT2D eigenvalue weighted by atomic mass is 15.0. The average Bonchev–Trinajstić information content (AvgIpc) is 3.28. The quantitative estimate of drug-likeness (QED) is 0.255. The second kappa shape index (κ2) is 8.00. The second-order valence-corrected chi connectivity index (χ2v) is 9.03. The molecule has 35 heavy (non-hydrogen) atoms. The van der Waals surface area contributed by atoms with Crippen molar-refractivity contribution in [2.75, 3.05) is 0 Å². The average molecular weight is 446 g/mol. The summed E-state index contributed by atoms with van der Waals surface area (Å²) in [5, 5.41) is 5.09. The largest absolute Gasteiger partial charge is 0.309 e. The standard InChI is InChI=1S/C34H23N/c1-3-9-24(10-4-1)26-15-19-29(20-16-26)35-33-23-28(25-11-5-2-6-12-25)18-21-31(33)32-22-17-27-13-7-8-14-30(27)34(32)35/h1-23H. The smallest absolute Gasteiger partial charge is 0.0619 e. The third kappa shape index (κ3) is 3.25. The molecule has 7 aromatic rings. The van der Waals surface area contributed by atoms with E-state index in [0.29, 0.717) is 0 Å². The van der Waals surface area contributed by atoms with E-state index in [2.05, 4.69) is 144 Å². The van der Waals surface area contributed by atoms with Crippen molar-refractivity contribution in [1.29, 1.82) is 0 Å². The summed E-state index contributed by atoms with van der Waals surface area (Å²) in [4.78, 5) is 0. The Labute approximate surface area is 204 Å². The first kappa shape index (κ1) is 19.8. The predicted octanol–water partition coefficient (Wildman–Crippen LogP) is 9.27. The van der Waals surface area contributed by atoms with Crippen molar-refractivity contribution < 1.29 is 0 Å². The van der Waals surface area contributed by atoms with Gasteiger partial charge >= 0.3 is 0 Å². The molecule has 7 rings (SSSR count). The first-order valence-corrected chi connectivity index (χ1v) is 12.0. The molecule has 0 saturated heterocycles. The molecule has 0 aliphatic rings. The topological polar surface area (TPSA) is 4.93 Å². The number of benzene rings is 6. The molecule has 0 atom stereocenters. The van der Waals surface area contributed by atoms with Crippen molar-refractivity contribution in [2.45, 2.75) is 0 Å². The van der Waals surface area contributed by atoms with Crippen LogP contribution in [0.4, 0.5) is 0 Å². The molecule has 0 N–H and O–H groups in total.